The van der Waals surface area contributed by atoms with Crippen molar-refractivity contribution < 1.29 is 9.18 Å². The highest BCUT2D eigenvalue weighted by atomic mass is 32.1. The van der Waals surface area contributed by atoms with Crippen LogP contribution in [0.2, 0.25) is 0 Å². The number of aryl methyl sites for hydroxylation is 2. The first kappa shape index (κ1) is 20.7. The quantitative estimate of drug-likeness (QED) is 0.559. The van der Waals surface area contributed by atoms with E-state index in [-0.39, 0.29) is 23.8 Å². The van der Waals surface area contributed by atoms with Gasteiger partial charge in [-0.15, -0.1) is 11.3 Å². The minimum absolute atomic E-state index is 0.0105. The molecule has 7 heteroatoms. The molecule has 1 aliphatic rings. The topological polar surface area (TPSA) is 66.0 Å². The Bertz CT molecular complexity index is 1020. The van der Waals surface area contributed by atoms with Crippen LogP contribution >= 0.6 is 11.3 Å². The molecule has 0 spiro atoms. The third-order valence-corrected chi connectivity index (χ3v) is 6.68. The van der Waals surface area contributed by atoms with Crippen LogP contribution in [0.5, 0.6) is 0 Å². The second-order valence-corrected chi connectivity index (χ2v) is 8.52. The van der Waals surface area contributed by atoms with Crippen LogP contribution in [0.25, 0.3) is 10.6 Å². The monoisotopic (exact) mass is 424 g/mol. The Morgan fingerprint density at radius 3 is 2.53 bits per heavy atom. The van der Waals surface area contributed by atoms with Gasteiger partial charge in [0.15, 0.2) is 0 Å². The van der Waals surface area contributed by atoms with Gasteiger partial charge in [0.05, 0.1) is 11.7 Å². The molecular weight excluding hydrogens is 399 g/mol. The summed E-state index contributed by atoms with van der Waals surface area (Å²) in [7, 11) is 0. The van der Waals surface area contributed by atoms with Gasteiger partial charge >= 0.3 is 0 Å². The fraction of sp³-hybridized carbons (Fsp3) is 0.304. The molecule has 1 aromatic heterocycles. The third-order valence-electron chi connectivity index (χ3n) is 5.36. The summed E-state index contributed by atoms with van der Waals surface area (Å²) in [5, 5.41) is 3.87. The van der Waals surface area contributed by atoms with Crippen molar-refractivity contribution in [2.24, 2.45) is 0 Å². The van der Waals surface area contributed by atoms with E-state index in [4.69, 9.17) is 0 Å². The maximum atomic E-state index is 13.2. The summed E-state index contributed by atoms with van der Waals surface area (Å²) in [6.45, 7) is 4.60. The Labute approximate surface area is 179 Å². The normalized spacial score (nSPS) is 18.5. The van der Waals surface area contributed by atoms with Crippen LogP contribution in [0, 0.1) is 12.7 Å². The van der Waals surface area contributed by atoms with Gasteiger partial charge in [0.1, 0.15) is 16.9 Å². The lowest BCUT2D eigenvalue weighted by Gasteiger charge is -2.11. The number of hydrazine groups is 1. The van der Waals surface area contributed by atoms with Crippen LogP contribution in [0.4, 0.5) is 4.39 Å². The molecule has 156 valence electrons. The van der Waals surface area contributed by atoms with Crippen molar-refractivity contribution in [3.8, 4) is 10.6 Å². The molecule has 2 atom stereocenters. The molecule has 0 aliphatic carbocycles. The number of carbonyl (C=O) groups is 1. The summed E-state index contributed by atoms with van der Waals surface area (Å²) >= 11 is 1.58. The van der Waals surface area contributed by atoms with Gasteiger partial charge in [0.25, 0.3) is 0 Å². The molecule has 1 amide bonds. The van der Waals surface area contributed by atoms with Gasteiger partial charge < -0.3 is 5.32 Å². The largest absolute Gasteiger partial charge is 0.351 e. The minimum Gasteiger partial charge on any atom is -0.351 e. The molecule has 1 fully saturated rings. The number of nitrogens with zero attached hydrogens (tertiary/aromatic N) is 1. The molecule has 30 heavy (non-hydrogen) atoms. The number of thiazole rings is 1. The predicted octanol–water partition coefficient (Wildman–Crippen LogP) is 4.04. The second-order valence-electron chi connectivity index (χ2n) is 7.49. The molecule has 2 aromatic carbocycles. The minimum atomic E-state index is -0.305. The maximum absolute atomic E-state index is 13.2. The standard InChI is InChI=1S/C23H25FN4OS/c1-3-15-4-6-16(7-5-15)13-25-22(29)20-12-19(27-28-20)21-14(2)26-23(30-21)17-8-10-18(24)11-9-17/h4-11,19-20,27-28H,3,12-13H2,1-2H3,(H,25,29). The Morgan fingerprint density at radius 1 is 1.13 bits per heavy atom. The van der Waals surface area contributed by atoms with Crippen molar-refractivity contribution in [1.82, 2.24) is 21.2 Å². The zero-order chi connectivity index (χ0) is 21.1. The van der Waals surface area contributed by atoms with Gasteiger partial charge in [-0.05, 0) is 55.2 Å². The zero-order valence-electron chi connectivity index (χ0n) is 17.0. The first-order valence-electron chi connectivity index (χ1n) is 10.1. The average Bonchev–Trinajstić information content (AvgIpc) is 3.40. The van der Waals surface area contributed by atoms with Gasteiger partial charge in [0, 0.05) is 17.0 Å². The van der Waals surface area contributed by atoms with Gasteiger partial charge in [-0.3, -0.25) is 4.79 Å². The van der Waals surface area contributed by atoms with Crippen molar-refractivity contribution in [3.63, 3.8) is 0 Å². The summed E-state index contributed by atoms with van der Waals surface area (Å²) in [6.07, 6.45) is 1.65. The van der Waals surface area contributed by atoms with Gasteiger partial charge in [-0.1, -0.05) is 31.2 Å². The molecule has 2 unspecified atom stereocenters. The summed E-state index contributed by atoms with van der Waals surface area (Å²) in [5.74, 6) is -0.283. The Kier molecular flexibility index (Phi) is 6.22. The van der Waals surface area contributed by atoms with Gasteiger partial charge in [-0.25, -0.2) is 20.2 Å². The van der Waals surface area contributed by atoms with E-state index in [0.29, 0.717) is 13.0 Å². The average molecular weight is 425 g/mol. The van der Waals surface area contributed by atoms with E-state index >= 15 is 0 Å². The number of rotatable bonds is 6. The summed E-state index contributed by atoms with van der Waals surface area (Å²) in [4.78, 5) is 18.3. The number of aromatic nitrogens is 1. The first-order valence-corrected chi connectivity index (χ1v) is 10.9. The molecule has 4 rings (SSSR count). The second kappa shape index (κ2) is 9.04. The van der Waals surface area contributed by atoms with Crippen molar-refractivity contribution >= 4 is 17.2 Å². The van der Waals surface area contributed by atoms with Crippen molar-refractivity contribution in [1.29, 1.82) is 0 Å². The number of carbonyl (C=O) groups excluding carboxylic acids is 1. The van der Waals surface area contributed by atoms with E-state index in [1.807, 2.05) is 6.92 Å². The molecule has 5 nitrogen and oxygen atoms in total. The lowest BCUT2D eigenvalue weighted by molar-refractivity contribution is -0.123. The van der Waals surface area contributed by atoms with Crippen molar-refractivity contribution in [3.05, 3.63) is 76.0 Å². The third kappa shape index (κ3) is 4.59. The SMILES string of the molecule is CCc1ccc(CNC(=O)C2CC(c3sc(-c4ccc(F)cc4)nc3C)NN2)cc1. The van der Waals surface area contributed by atoms with Crippen LogP contribution < -0.4 is 16.2 Å². The lowest BCUT2D eigenvalue weighted by Crippen LogP contribution is -2.42. The number of amides is 1. The van der Waals surface area contributed by atoms with E-state index < -0.39 is 0 Å². The maximum Gasteiger partial charge on any atom is 0.238 e. The molecule has 1 saturated heterocycles. The Morgan fingerprint density at radius 2 is 1.83 bits per heavy atom. The summed E-state index contributed by atoms with van der Waals surface area (Å²) < 4.78 is 13.2. The lowest BCUT2D eigenvalue weighted by atomic mass is 10.1. The molecule has 3 N–H and O–H groups in total. The smallest absolute Gasteiger partial charge is 0.238 e. The summed E-state index contributed by atoms with van der Waals surface area (Å²) in [5.41, 5.74) is 10.5. The predicted molar refractivity (Wildman–Crippen MR) is 117 cm³/mol. The number of hydrogen-bond donors (Lipinski definition) is 3. The Balaban J connectivity index is 1.36. The van der Waals surface area contributed by atoms with Gasteiger partial charge in [0.2, 0.25) is 5.91 Å². The van der Waals surface area contributed by atoms with E-state index in [9.17, 15) is 9.18 Å². The molecular formula is C23H25FN4OS. The molecule has 2 heterocycles. The number of benzene rings is 2. The van der Waals surface area contributed by atoms with Gasteiger partial charge in [-0.2, -0.15) is 0 Å². The van der Waals surface area contributed by atoms with E-state index in [1.54, 1.807) is 23.5 Å². The molecule has 0 radical (unpaired) electrons. The van der Waals surface area contributed by atoms with Crippen LogP contribution in [-0.2, 0) is 17.8 Å². The Hall–Kier alpha value is -2.61. The fourth-order valence-electron chi connectivity index (χ4n) is 3.55. The zero-order valence-corrected chi connectivity index (χ0v) is 17.9. The first-order chi connectivity index (χ1) is 14.5. The number of nitrogens with one attached hydrogen (secondary N) is 3. The van der Waals surface area contributed by atoms with Crippen LogP contribution in [0.15, 0.2) is 48.5 Å². The van der Waals surface area contributed by atoms with Crippen LogP contribution in [0.3, 0.4) is 0 Å². The molecule has 3 aromatic rings. The van der Waals surface area contributed by atoms with E-state index in [2.05, 4.69) is 52.3 Å². The van der Waals surface area contributed by atoms with Crippen LogP contribution in [-0.4, -0.2) is 16.9 Å². The fourth-order valence-corrected chi connectivity index (χ4v) is 4.69. The number of hydrogen-bond acceptors (Lipinski definition) is 5. The van der Waals surface area contributed by atoms with E-state index in [0.717, 1.165) is 33.1 Å². The highest BCUT2D eigenvalue weighted by Crippen LogP contribution is 2.34. The van der Waals surface area contributed by atoms with Crippen molar-refractivity contribution in [2.75, 3.05) is 0 Å². The summed E-state index contributed by atoms with van der Waals surface area (Å²) in [6, 6.07) is 14.4. The molecule has 1 aliphatic heterocycles. The van der Waals surface area contributed by atoms with Crippen LogP contribution in [0.1, 0.15) is 41.1 Å². The number of halogens is 1. The highest BCUT2D eigenvalue weighted by molar-refractivity contribution is 7.15. The molecule has 0 bridgehead atoms. The van der Waals surface area contributed by atoms with E-state index in [1.165, 1.54) is 17.7 Å². The van der Waals surface area contributed by atoms with Crippen molar-refractivity contribution in [2.45, 2.75) is 45.3 Å². The molecule has 0 saturated carbocycles. The highest BCUT2D eigenvalue weighted by Gasteiger charge is 2.32.